The second kappa shape index (κ2) is 6.30. The average Bonchev–Trinajstić information content (AvgIpc) is 2.28. The van der Waals surface area contributed by atoms with Gasteiger partial charge in [0.1, 0.15) is 6.10 Å². The molecule has 0 radical (unpaired) electrons. The second-order valence-electron chi connectivity index (χ2n) is 3.15. The van der Waals surface area contributed by atoms with Crippen LogP contribution in [0, 0.1) is 0 Å². The molecule has 16 heavy (non-hydrogen) atoms. The number of rotatable bonds is 5. The van der Waals surface area contributed by atoms with Crippen molar-refractivity contribution < 1.29 is 10.2 Å². The summed E-state index contributed by atoms with van der Waals surface area (Å²) >= 11 is 5.72. The van der Waals surface area contributed by atoms with E-state index in [9.17, 15) is 10.2 Å². The molecule has 6 nitrogen and oxygen atoms in total. The minimum absolute atomic E-state index is 0.120. The van der Waals surface area contributed by atoms with Crippen molar-refractivity contribution in [3.8, 4) is 0 Å². The fourth-order valence-corrected chi connectivity index (χ4v) is 1.34. The number of nitrogens with zero attached hydrogens (tertiary/aromatic N) is 4. The number of aliphatic hydroxyl groups excluding tert-OH is 2. The first-order valence-corrected chi connectivity index (χ1v) is 5.01. The predicted molar refractivity (Wildman–Crippen MR) is 58.8 cm³/mol. The van der Waals surface area contributed by atoms with E-state index in [1.807, 2.05) is 0 Å². The summed E-state index contributed by atoms with van der Waals surface area (Å²) in [4.78, 5) is 6.44. The predicted octanol–water partition coefficient (Wildman–Crippen LogP) is 1.83. The Morgan fingerprint density at radius 3 is 2.94 bits per heavy atom. The first-order chi connectivity index (χ1) is 7.65. The number of azide groups is 1. The smallest absolute Gasteiger partial charge is 0.122 e. The molecule has 1 heterocycles. The molecule has 0 spiro atoms. The molecular weight excluding hydrogens is 232 g/mol. The summed E-state index contributed by atoms with van der Waals surface area (Å²) in [5.74, 6) is 0. The third kappa shape index (κ3) is 3.67. The van der Waals surface area contributed by atoms with Gasteiger partial charge in [-0.25, -0.2) is 0 Å². The largest absolute Gasteiger partial charge is 0.390 e. The number of halogens is 1. The van der Waals surface area contributed by atoms with E-state index in [-0.39, 0.29) is 13.0 Å². The fourth-order valence-electron chi connectivity index (χ4n) is 1.17. The zero-order valence-electron chi connectivity index (χ0n) is 8.36. The highest BCUT2D eigenvalue weighted by molar-refractivity contribution is 6.30. The molecule has 2 N–H and O–H groups in total. The maximum atomic E-state index is 9.71. The summed E-state index contributed by atoms with van der Waals surface area (Å²) in [6, 6.07) is 3.05. The van der Waals surface area contributed by atoms with Gasteiger partial charge in [-0.3, -0.25) is 4.98 Å². The average molecular weight is 243 g/mol. The Morgan fingerprint density at radius 2 is 2.31 bits per heavy atom. The van der Waals surface area contributed by atoms with E-state index < -0.39 is 12.2 Å². The zero-order valence-corrected chi connectivity index (χ0v) is 9.12. The van der Waals surface area contributed by atoms with Crippen LogP contribution in [0.5, 0.6) is 0 Å². The van der Waals surface area contributed by atoms with Gasteiger partial charge in [-0.05, 0) is 24.1 Å². The molecule has 1 aromatic rings. The molecule has 0 fully saturated rings. The van der Waals surface area contributed by atoms with E-state index in [4.69, 9.17) is 17.1 Å². The number of aliphatic hydroxyl groups is 2. The van der Waals surface area contributed by atoms with Crippen LogP contribution in [0.4, 0.5) is 0 Å². The summed E-state index contributed by atoms with van der Waals surface area (Å²) in [6.07, 6.45) is -0.551. The molecule has 0 aliphatic heterocycles. The number of hydrogen-bond donors (Lipinski definition) is 2. The van der Waals surface area contributed by atoms with Crippen molar-refractivity contribution in [2.45, 2.75) is 18.6 Å². The van der Waals surface area contributed by atoms with Crippen molar-refractivity contribution in [1.29, 1.82) is 0 Å². The number of aromatic nitrogens is 1. The van der Waals surface area contributed by atoms with E-state index in [0.29, 0.717) is 10.7 Å². The molecule has 2 unspecified atom stereocenters. The van der Waals surface area contributed by atoms with E-state index in [1.54, 1.807) is 6.07 Å². The van der Waals surface area contributed by atoms with E-state index in [1.165, 1.54) is 12.3 Å². The maximum Gasteiger partial charge on any atom is 0.122 e. The van der Waals surface area contributed by atoms with Gasteiger partial charge in [-0.15, -0.1) is 0 Å². The van der Waals surface area contributed by atoms with E-state index >= 15 is 0 Å². The van der Waals surface area contributed by atoms with Gasteiger partial charge in [-0.1, -0.05) is 16.7 Å². The van der Waals surface area contributed by atoms with Crippen molar-refractivity contribution in [3.05, 3.63) is 39.5 Å². The first kappa shape index (κ1) is 12.7. The molecule has 0 saturated heterocycles. The highest BCUT2D eigenvalue weighted by atomic mass is 35.5. The summed E-state index contributed by atoms with van der Waals surface area (Å²) < 4.78 is 0. The van der Waals surface area contributed by atoms with Gasteiger partial charge in [0.2, 0.25) is 0 Å². The molecule has 0 aromatic carbocycles. The zero-order chi connectivity index (χ0) is 12.0. The lowest BCUT2D eigenvalue weighted by Gasteiger charge is -2.16. The van der Waals surface area contributed by atoms with Crippen LogP contribution < -0.4 is 0 Å². The number of pyridine rings is 1. The highest BCUT2D eigenvalue weighted by Crippen LogP contribution is 2.19. The standard InChI is InChI=1S/C9H11ClN4O2/c10-6-1-3-12-7(5-6)9(16)8(15)2-4-13-14-11/h1,3,5,8-9,15-16H,2,4H2. The van der Waals surface area contributed by atoms with Crippen molar-refractivity contribution >= 4 is 11.6 Å². The van der Waals surface area contributed by atoms with Crippen molar-refractivity contribution in [1.82, 2.24) is 4.98 Å². The quantitative estimate of drug-likeness (QED) is 0.468. The normalized spacial score (nSPS) is 13.9. The van der Waals surface area contributed by atoms with Crippen molar-refractivity contribution in [2.75, 3.05) is 6.54 Å². The third-order valence-electron chi connectivity index (χ3n) is 2.00. The molecule has 0 amide bonds. The molecule has 0 aliphatic carbocycles. The molecule has 0 aliphatic rings. The molecule has 1 rings (SSSR count). The SMILES string of the molecule is [N-]=[N+]=NCCC(O)C(O)c1cc(Cl)ccn1. The van der Waals surface area contributed by atoms with Crippen molar-refractivity contribution in [2.24, 2.45) is 5.11 Å². The van der Waals surface area contributed by atoms with Gasteiger partial charge in [0.15, 0.2) is 0 Å². The Hall–Kier alpha value is -1.33. The van der Waals surface area contributed by atoms with Gasteiger partial charge in [-0.2, -0.15) is 0 Å². The molecule has 1 aromatic heterocycles. The van der Waals surface area contributed by atoms with Crippen LogP contribution >= 0.6 is 11.6 Å². The minimum atomic E-state index is -1.13. The van der Waals surface area contributed by atoms with Crippen LogP contribution in [-0.2, 0) is 0 Å². The van der Waals surface area contributed by atoms with Gasteiger partial charge >= 0.3 is 0 Å². The maximum absolute atomic E-state index is 9.71. The Kier molecular flexibility index (Phi) is 5.01. The summed E-state index contributed by atoms with van der Waals surface area (Å²) in [5.41, 5.74) is 8.35. The van der Waals surface area contributed by atoms with E-state index in [2.05, 4.69) is 15.0 Å². The second-order valence-corrected chi connectivity index (χ2v) is 3.59. The lowest BCUT2D eigenvalue weighted by atomic mass is 10.1. The fraction of sp³-hybridized carbons (Fsp3) is 0.444. The molecule has 7 heteroatoms. The van der Waals surface area contributed by atoms with Crippen LogP contribution in [0.1, 0.15) is 18.2 Å². The monoisotopic (exact) mass is 242 g/mol. The summed E-state index contributed by atoms with van der Waals surface area (Å²) in [6.45, 7) is 0.120. The molecule has 86 valence electrons. The molecule has 2 atom stereocenters. The van der Waals surface area contributed by atoms with Gasteiger partial charge in [0.25, 0.3) is 0 Å². The molecule has 0 bridgehead atoms. The minimum Gasteiger partial charge on any atom is -0.390 e. The topological polar surface area (TPSA) is 102 Å². The summed E-state index contributed by atoms with van der Waals surface area (Å²) in [7, 11) is 0. The van der Waals surface area contributed by atoms with Gasteiger partial charge in [0, 0.05) is 22.7 Å². The van der Waals surface area contributed by atoms with Crippen LogP contribution in [0.2, 0.25) is 5.02 Å². The van der Waals surface area contributed by atoms with Crippen molar-refractivity contribution in [3.63, 3.8) is 0 Å². The Balaban J connectivity index is 2.62. The van der Waals surface area contributed by atoms with Crippen LogP contribution in [0.3, 0.4) is 0 Å². The lowest BCUT2D eigenvalue weighted by Crippen LogP contribution is -2.20. The molecular formula is C9H11ClN4O2. The van der Waals surface area contributed by atoms with Crippen LogP contribution in [0.25, 0.3) is 10.4 Å². The Morgan fingerprint density at radius 1 is 1.56 bits per heavy atom. The highest BCUT2D eigenvalue weighted by Gasteiger charge is 2.19. The van der Waals surface area contributed by atoms with Crippen LogP contribution in [0.15, 0.2) is 23.4 Å². The molecule has 0 saturated carbocycles. The first-order valence-electron chi connectivity index (χ1n) is 4.63. The number of hydrogen-bond acceptors (Lipinski definition) is 4. The third-order valence-corrected chi connectivity index (χ3v) is 2.23. The van der Waals surface area contributed by atoms with Gasteiger partial charge in [0.05, 0.1) is 11.8 Å². The summed E-state index contributed by atoms with van der Waals surface area (Å²) in [5, 5.41) is 23.0. The van der Waals surface area contributed by atoms with E-state index in [0.717, 1.165) is 0 Å². The van der Waals surface area contributed by atoms with Gasteiger partial charge < -0.3 is 10.2 Å². The lowest BCUT2D eigenvalue weighted by molar-refractivity contribution is 0.0125. The Labute approximate surface area is 97.1 Å². The van der Waals surface area contributed by atoms with Crippen LogP contribution in [-0.4, -0.2) is 27.8 Å². The Bertz CT molecular complexity index is 395.